The first-order valence-corrected chi connectivity index (χ1v) is 7.63. The standard InChI is InChI=1S/C12H16F4N2O2S/c1-17-8-9-3-4-10(13)7-11(9)21(19,20)18-6-2-5-12(14,15)16/h3-4,7,17-18H,2,5-6,8H2,1H3. The van der Waals surface area contributed by atoms with Crippen molar-refractivity contribution in [3.8, 4) is 0 Å². The maximum absolute atomic E-state index is 13.2. The molecule has 0 fully saturated rings. The van der Waals surface area contributed by atoms with Crippen molar-refractivity contribution in [3.05, 3.63) is 29.6 Å². The van der Waals surface area contributed by atoms with Crippen molar-refractivity contribution in [3.63, 3.8) is 0 Å². The molecule has 0 radical (unpaired) electrons. The summed E-state index contributed by atoms with van der Waals surface area (Å²) < 4.78 is 75.2. The summed E-state index contributed by atoms with van der Waals surface area (Å²) >= 11 is 0. The van der Waals surface area contributed by atoms with Gasteiger partial charge in [0.25, 0.3) is 0 Å². The molecule has 0 aliphatic rings. The largest absolute Gasteiger partial charge is 0.389 e. The highest BCUT2D eigenvalue weighted by Gasteiger charge is 2.26. The van der Waals surface area contributed by atoms with Crippen molar-refractivity contribution in [1.82, 2.24) is 10.0 Å². The topological polar surface area (TPSA) is 58.2 Å². The van der Waals surface area contributed by atoms with Gasteiger partial charge in [0.1, 0.15) is 5.82 Å². The van der Waals surface area contributed by atoms with Gasteiger partial charge in [-0.25, -0.2) is 17.5 Å². The van der Waals surface area contributed by atoms with Crippen molar-refractivity contribution < 1.29 is 26.0 Å². The van der Waals surface area contributed by atoms with Gasteiger partial charge in [-0.3, -0.25) is 0 Å². The van der Waals surface area contributed by atoms with E-state index >= 15 is 0 Å². The van der Waals surface area contributed by atoms with Gasteiger partial charge in [-0.15, -0.1) is 0 Å². The minimum absolute atomic E-state index is 0.194. The summed E-state index contributed by atoms with van der Waals surface area (Å²) in [7, 11) is -2.46. The molecule has 0 heterocycles. The zero-order valence-electron chi connectivity index (χ0n) is 11.3. The number of hydrogen-bond acceptors (Lipinski definition) is 3. The summed E-state index contributed by atoms with van der Waals surface area (Å²) in [5, 5.41) is 2.74. The molecule has 0 unspecified atom stereocenters. The summed E-state index contributed by atoms with van der Waals surface area (Å²) in [5.74, 6) is -0.731. The molecule has 1 rings (SSSR count). The molecule has 4 nitrogen and oxygen atoms in total. The summed E-state index contributed by atoms with van der Waals surface area (Å²) in [6.45, 7) is -0.170. The number of rotatable bonds is 7. The van der Waals surface area contributed by atoms with E-state index in [1.54, 1.807) is 7.05 Å². The fraction of sp³-hybridized carbons (Fsp3) is 0.500. The molecule has 9 heteroatoms. The van der Waals surface area contributed by atoms with Gasteiger partial charge in [-0.05, 0) is 31.2 Å². The third-order valence-corrected chi connectivity index (χ3v) is 4.16. The zero-order chi connectivity index (χ0) is 16.1. The average molecular weight is 328 g/mol. The lowest BCUT2D eigenvalue weighted by molar-refractivity contribution is -0.135. The molecule has 0 aromatic heterocycles. The monoisotopic (exact) mass is 328 g/mol. The Morgan fingerprint density at radius 2 is 1.90 bits per heavy atom. The first-order valence-electron chi connectivity index (χ1n) is 6.15. The Morgan fingerprint density at radius 1 is 1.24 bits per heavy atom. The molecule has 0 aliphatic heterocycles. The number of sulfonamides is 1. The Labute approximate surface area is 120 Å². The van der Waals surface area contributed by atoms with E-state index in [2.05, 4.69) is 10.0 Å². The first kappa shape index (κ1) is 17.9. The Kier molecular flexibility index (Phi) is 6.11. The van der Waals surface area contributed by atoms with Crippen LogP contribution in [0.15, 0.2) is 23.1 Å². The Hall–Kier alpha value is -1.19. The second-order valence-electron chi connectivity index (χ2n) is 4.40. The maximum atomic E-state index is 13.2. The summed E-state index contributed by atoms with van der Waals surface area (Å²) in [5.41, 5.74) is 0.335. The number of hydrogen-bond donors (Lipinski definition) is 2. The van der Waals surface area contributed by atoms with E-state index in [1.165, 1.54) is 6.07 Å². The number of benzene rings is 1. The van der Waals surface area contributed by atoms with Crippen LogP contribution < -0.4 is 10.0 Å². The molecule has 0 saturated heterocycles. The van der Waals surface area contributed by atoms with Crippen LogP contribution in [0.1, 0.15) is 18.4 Å². The molecule has 0 saturated carbocycles. The molecule has 0 aliphatic carbocycles. The van der Waals surface area contributed by atoms with Crippen LogP contribution in [0.25, 0.3) is 0 Å². The number of halogens is 4. The molecule has 0 atom stereocenters. The van der Waals surface area contributed by atoms with Crippen LogP contribution in [-0.2, 0) is 16.6 Å². The second kappa shape index (κ2) is 7.19. The van der Waals surface area contributed by atoms with E-state index in [4.69, 9.17) is 0 Å². The quantitative estimate of drug-likeness (QED) is 0.596. The Balaban J connectivity index is 2.80. The van der Waals surface area contributed by atoms with E-state index in [0.29, 0.717) is 5.56 Å². The molecule has 0 bridgehead atoms. The van der Waals surface area contributed by atoms with Gasteiger partial charge >= 0.3 is 6.18 Å². The minimum Gasteiger partial charge on any atom is -0.316 e. The van der Waals surface area contributed by atoms with Crippen molar-refractivity contribution in [2.75, 3.05) is 13.6 Å². The third kappa shape index (κ3) is 5.98. The van der Waals surface area contributed by atoms with Gasteiger partial charge in [0.2, 0.25) is 10.0 Å². The van der Waals surface area contributed by atoms with Gasteiger partial charge in [-0.1, -0.05) is 6.07 Å². The predicted octanol–water partition coefficient (Wildman–Crippen LogP) is 2.17. The zero-order valence-corrected chi connectivity index (χ0v) is 12.1. The van der Waals surface area contributed by atoms with E-state index in [0.717, 1.165) is 12.1 Å². The van der Waals surface area contributed by atoms with Crippen LogP contribution in [0, 0.1) is 5.82 Å². The average Bonchev–Trinajstić information content (AvgIpc) is 2.36. The van der Waals surface area contributed by atoms with Crippen molar-refractivity contribution in [1.29, 1.82) is 0 Å². The Bertz CT molecular complexity index is 573. The van der Waals surface area contributed by atoms with E-state index in [1.807, 2.05) is 0 Å². The number of alkyl halides is 3. The van der Waals surface area contributed by atoms with Gasteiger partial charge in [0.05, 0.1) is 4.90 Å². The molecular formula is C12H16F4N2O2S. The van der Waals surface area contributed by atoms with Crippen LogP contribution in [0.5, 0.6) is 0 Å². The molecule has 0 amide bonds. The summed E-state index contributed by atoms with van der Waals surface area (Å²) in [6.07, 6.45) is -5.79. The third-order valence-electron chi connectivity index (χ3n) is 2.62. The lowest BCUT2D eigenvalue weighted by atomic mass is 10.2. The van der Waals surface area contributed by atoms with Gasteiger partial charge < -0.3 is 5.32 Å². The van der Waals surface area contributed by atoms with Gasteiger partial charge in [0.15, 0.2) is 0 Å². The lowest BCUT2D eigenvalue weighted by Gasteiger charge is -2.12. The summed E-state index contributed by atoms with van der Waals surface area (Å²) in [6, 6.07) is 3.28. The van der Waals surface area contributed by atoms with E-state index < -0.39 is 28.4 Å². The predicted molar refractivity (Wildman–Crippen MR) is 69.6 cm³/mol. The van der Waals surface area contributed by atoms with Crippen molar-refractivity contribution in [2.24, 2.45) is 0 Å². The fourth-order valence-electron chi connectivity index (χ4n) is 1.69. The molecule has 120 valence electrons. The van der Waals surface area contributed by atoms with Gasteiger partial charge in [0, 0.05) is 19.5 Å². The fourth-order valence-corrected chi connectivity index (χ4v) is 3.01. The molecule has 1 aromatic carbocycles. The molecule has 0 spiro atoms. The van der Waals surface area contributed by atoms with Crippen LogP contribution in [0.4, 0.5) is 17.6 Å². The van der Waals surface area contributed by atoms with E-state index in [-0.39, 0.29) is 24.4 Å². The smallest absolute Gasteiger partial charge is 0.316 e. The molecular weight excluding hydrogens is 312 g/mol. The SMILES string of the molecule is CNCc1ccc(F)cc1S(=O)(=O)NCCCC(F)(F)F. The molecule has 21 heavy (non-hydrogen) atoms. The highest BCUT2D eigenvalue weighted by atomic mass is 32.2. The number of nitrogens with one attached hydrogen (secondary N) is 2. The molecule has 1 aromatic rings. The van der Waals surface area contributed by atoms with Crippen molar-refractivity contribution >= 4 is 10.0 Å². The highest BCUT2D eigenvalue weighted by molar-refractivity contribution is 7.89. The highest BCUT2D eigenvalue weighted by Crippen LogP contribution is 2.21. The van der Waals surface area contributed by atoms with Crippen LogP contribution in [0.3, 0.4) is 0 Å². The second-order valence-corrected chi connectivity index (χ2v) is 6.13. The van der Waals surface area contributed by atoms with Crippen molar-refractivity contribution in [2.45, 2.75) is 30.5 Å². The normalized spacial score (nSPS) is 12.6. The Morgan fingerprint density at radius 3 is 2.48 bits per heavy atom. The summed E-state index contributed by atoms with van der Waals surface area (Å²) in [4.78, 5) is -0.274. The lowest BCUT2D eigenvalue weighted by Crippen LogP contribution is -2.27. The molecule has 2 N–H and O–H groups in total. The minimum atomic E-state index is -4.33. The van der Waals surface area contributed by atoms with Gasteiger partial charge in [-0.2, -0.15) is 13.2 Å². The van der Waals surface area contributed by atoms with Crippen LogP contribution in [-0.4, -0.2) is 28.2 Å². The van der Waals surface area contributed by atoms with E-state index in [9.17, 15) is 26.0 Å². The van der Waals surface area contributed by atoms with Crippen LogP contribution in [0.2, 0.25) is 0 Å². The first-order chi connectivity index (χ1) is 9.65. The van der Waals surface area contributed by atoms with Crippen LogP contribution >= 0.6 is 0 Å². The maximum Gasteiger partial charge on any atom is 0.389 e.